The van der Waals surface area contributed by atoms with Crippen molar-refractivity contribution in [2.75, 3.05) is 32.0 Å². The number of aromatic nitrogens is 3. The second-order valence-corrected chi connectivity index (χ2v) is 9.48. The normalized spacial score (nSPS) is 14.4. The highest BCUT2D eigenvalue weighted by Crippen LogP contribution is 2.28. The second kappa shape index (κ2) is 11.4. The molecule has 0 spiro atoms. The Bertz CT molecular complexity index is 1290. The summed E-state index contributed by atoms with van der Waals surface area (Å²) in [4.78, 5) is 28.1. The third-order valence-corrected chi connectivity index (χ3v) is 6.83. The molecule has 3 N–H and O–H groups in total. The Hall–Kier alpha value is -3.69. The van der Waals surface area contributed by atoms with Crippen molar-refractivity contribution in [3.63, 3.8) is 0 Å². The van der Waals surface area contributed by atoms with Crippen molar-refractivity contribution in [1.29, 1.82) is 5.26 Å². The summed E-state index contributed by atoms with van der Waals surface area (Å²) < 4.78 is 32.4. The molecule has 0 saturated carbocycles. The van der Waals surface area contributed by atoms with Gasteiger partial charge in [-0.3, -0.25) is 9.69 Å². The fourth-order valence-electron chi connectivity index (χ4n) is 3.97. The number of nitrogens with two attached hydrogens (primary N) is 1. The fourth-order valence-corrected chi connectivity index (χ4v) is 4.92. The molecule has 36 heavy (non-hydrogen) atoms. The van der Waals surface area contributed by atoms with E-state index in [1.807, 2.05) is 6.07 Å². The van der Waals surface area contributed by atoms with Crippen LogP contribution in [-0.2, 0) is 6.54 Å². The lowest BCUT2D eigenvalue weighted by atomic mass is 9.96. The van der Waals surface area contributed by atoms with Gasteiger partial charge in [-0.05, 0) is 44.8 Å². The van der Waals surface area contributed by atoms with E-state index >= 15 is 0 Å². The molecule has 12 heteroatoms. The van der Waals surface area contributed by atoms with Gasteiger partial charge in [0.15, 0.2) is 5.82 Å². The van der Waals surface area contributed by atoms with Gasteiger partial charge in [-0.2, -0.15) is 5.26 Å². The van der Waals surface area contributed by atoms with Gasteiger partial charge < -0.3 is 15.8 Å². The van der Waals surface area contributed by atoms with Gasteiger partial charge >= 0.3 is 0 Å². The van der Waals surface area contributed by atoms with E-state index in [0.29, 0.717) is 30.6 Å². The maximum Gasteiger partial charge on any atom is 0.270 e. The molecule has 4 heterocycles. The van der Waals surface area contributed by atoms with Crippen molar-refractivity contribution >= 4 is 22.9 Å². The summed E-state index contributed by atoms with van der Waals surface area (Å²) in [6, 6.07) is 4.14. The molecule has 0 radical (unpaired) electrons. The van der Waals surface area contributed by atoms with Crippen molar-refractivity contribution in [2.45, 2.75) is 26.3 Å². The number of hydrogen-bond donors (Lipinski definition) is 2. The fraction of sp³-hybridized carbons (Fsp3) is 0.375. The van der Waals surface area contributed by atoms with Crippen molar-refractivity contribution < 1.29 is 18.3 Å². The zero-order chi connectivity index (χ0) is 25.7. The first kappa shape index (κ1) is 25.4. The van der Waals surface area contributed by atoms with Crippen LogP contribution in [0.2, 0.25) is 0 Å². The lowest BCUT2D eigenvalue weighted by molar-refractivity contribution is 0.0929. The van der Waals surface area contributed by atoms with Gasteiger partial charge in [-0.15, -0.1) is 11.3 Å². The largest absolute Gasteiger partial charge is 0.477 e. The number of nitriles is 1. The predicted octanol–water partition coefficient (Wildman–Crippen LogP) is 3.37. The minimum absolute atomic E-state index is 0.0500. The van der Waals surface area contributed by atoms with Crippen LogP contribution in [0.5, 0.6) is 5.88 Å². The first-order chi connectivity index (χ1) is 17.4. The number of nitrogens with zero attached hydrogens (tertiary/aromatic N) is 5. The van der Waals surface area contributed by atoms with Gasteiger partial charge in [-0.25, -0.2) is 23.7 Å². The molecule has 0 unspecified atom stereocenters. The summed E-state index contributed by atoms with van der Waals surface area (Å²) in [6.45, 7) is 4.91. The summed E-state index contributed by atoms with van der Waals surface area (Å²) in [6.07, 6.45) is 4.47. The third-order valence-electron chi connectivity index (χ3n) is 5.84. The van der Waals surface area contributed by atoms with Crippen LogP contribution in [0, 0.1) is 28.9 Å². The number of carbonyl (C=O) groups excluding carboxylic acids is 1. The molecule has 1 saturated heterocycles. The van der Waals surface area contributed by atoms with Crippen LogP contribution in [0.15, 0.2) is 24.5 Å². The van der Waals surface area contributed by atoms with Crippen LogP contribution < -0.4 is 15.8 Å². The number of piperidine rings is 1. The summed E-state index contributed by atoms with van der Waals surface area (Å²) >= 11 is 1.34. The van der Waals surface area contributed by atoms with E-state index in [4.69, 9.17) is 10.5 Å². The number of likely N-dealkylation sites (tertiary alicyclic amines) is 1. The molecule has 188 valence electrons. The highest BCUT2D eigenvalue weighted by molar-refractivity contribution is 7.15. The van der Waals surface area contributed by atoms with E-state index in [1.165, 1.54) is 17.4 Å². The Morgan fingerprint density at radius 3 is 2.78 bits per heavy atom. The van der Waals surface area contributed by atoms with Gasteiger partial charge in [0.05, 0.1) is 18.5 Å². The maximum absolute atomic E-state index is 14.0. The minimum Gasteiger partial charge on any atom is -0.477 e. The molecule has 1 aliphatic heterocycles. The molecule has 4 rings (SSSR count). The van der Waals surface area contributed by atoms with E-state index in [-0.39, 0.29) is 34.4 Å². The Kier molecular flexibility index (Phi) is 8.02. The number of pyridine rings is 2. The molecule has 1 aliphatic rings. The van der Waals surface area contributed by atoms with Gasteiger partial charge in [0.1, 0.15) is 33.8 Å². The average Bonchev–Trinajstić information content (AvgIpc) is 3.31. The Labute approximate surface area is 211 Å². The van der Waals surface area contributed by atoms with E-state index in [9.17, 15) is 18.8 Å². The highest BCUT2D eigenvalue weighted by Gasteiger charge is 2.22. The van der Waals surface area contributed by atoms with E-state index < -0.39 is 11.6 Å². The van der Waals surface area contributed by atoms with Crippen molar-refractivity contribution in [3.8, 4) is 22.7 Å². The van der Waals surface area contributed by atoms with Crippen LogP contribution in [0.25, 0.3) is 10.7 Å². The Morgan fingerprint density at radius 1 is 1.31 bits per heavy atom. The molecular weight excluding hydrogens is 488 g/mol. The summed E-state index contributed by atoms with van der Waals surface area (Å²) in [5, 5.41) is 12.6. The molecule has 1 fully saturated rings. The van der Waals surface area contributed by atoms with Crippen LogP contribution in [0.3, 0.4) is 0 Å². The molecule has 9 nitrogen and oxygen atoms in total. The number of anilines is 1. The van der Waals surface area contributed by atoms with Gasteiger partial charge in [0.25, 0.3) is 5.91 Å². The van der Waals surface area contributed by atoms with Crippen LogP contribution >= 0.6 is 11.3 Å². The topological polar surface area (TPSA) is 130 Å². The summed E-state index contributed by atoms with van der Waals surface area (Å²) in [5.41, 5.74) is 6.33. The standard InChI is InChI=1S/C24H25F2N7O2S/c1-2-35-23-17(9-27)19(28)8-20(32-23)22(34)30-10-14-3-5-33(6-4-14)13-16-12-31-24(36-16)21-18(26)7-15(25)11-29-21/h7-8,11-12,14H,2-6,10,13H2,1H3,(H2,28,32)(H,30,34). The number of hydrogen-bond acceptors (Lipinski definition) is 9. The monoisotopic (exact) mass is 513 g/mol. The summed E-state index contributed by atoms with van der Waals surface area (Å²) in [5.74, 6) is -1.45. The molecule has 3 aromatic rings. The molecule has 0 aliphatic carbocycles. The first-order valence-corrected chi connectivity index (χ1v) is 12.3. The zero-order valence-electron chi connectivity index (χ0n) is 19.6. The number of rotatable bonds is 8. The van der Waals surface area contributed by atoms with Gasteiger partial charge in [0, 0.05) is 30.2 Å². The summed E-state index contributed by atoms with van der Waals surface area (Å²) in [7, 11) is 0. The number of nitrogens with one attached hydrogen (secondary N) is 1. The highest BCUT2D eigenvalue weighted by atomic mass is 32.1. The number of halogens is 2. The van der Waals surface area contributed by atoms with E-state index in [0.717, 1.165) is 43.1 Å². The van der Waals surface area contributed by atoms with Gasteiger partial charge in [0.2, 0.25) is 5.88 Å². The molecule has 0 aromatic carbocycles. The molecule has 0 bridgehead atoms. The predicted molar refractivity (Wildman–Crippen MR) is 130 cm³/mol. The second-order valence-electron chi connectivity index (χ2n) is 8.37. The quantitative estimate of drug-likeness (QED) is 0.469. The molecule has 0 atom stereocenters. The first-order valence-electron chi connectivity index (χ1n) is 11.5. The lowest BCUT2D eigenvalue weighted by Gasteiger charge is -2.31. The minimum atomic E-state index is -0.730. The Morgan fingerprint density at radius 2 is 2.08 bits per heavy atom. The number of thiazole rings is 1. The third kappa shape index (κ3) is 5.92. The van der Waals surface area contributed by atoms with Crippen LogP contribution in [0.4, 0.5) is 14.5 Å². The molecule has 1 amide bonds. The number of nitrogen functional groups attached to an aromatic ring is 1. The van der Waals surface area contributed by atoms with E-state index in [1.54, 1.807) is 13.1 Å². The van der Waals surface area contributed by atoms with Crippen LogP contribution in [0.1, 0.15) is 40.7 Å². The molecular formula is C24H25F2N7O2S. The number of ether oxygens (including phenoxy) is 1. The van der Waals surface area contributed by atoms with E-state index in [2.05, 4.69) is 25.2 Å². The smallest absolute Gasteiger partial charge is 0.270 e. The van der Waals surface area contributed by atoms with Crippen molar-refractivity contribution in [2.24, 2.45) is 5.92 Å². The maximum atomic E-state index is 14.0. The average molecular weight is 514 g/mol. The van der Waals surface area contributed by atoms with Crippen molar-refractivity contribution in [1.82, 2.24) is 25.2 Å². The van der Waals surface area contributed by atoms with Crippen LogP contribution in [-0.4, -0.2) is 52.0 Å². The Balaban J connectivity index is 1.27. The molecule has 3 aromatic heterocycles. The SMILES string of the molecule is CCOc1nc(C(=O)NCC2CCN(Cc3cnc(-c4ncc(F)cc4F)s3)CC2)cc(N)c1C#N. The number of amides is 1. The zero-order valence-corrected chi connectivity index (χ0v) is 20.4. The lowest BCUT2D eigenvalue weighted by Crippen LogP contribution is -2.38. The van der Waals surface area contributed by atoms with Gasteiger partial charge in [-0.1, -0.05) is 0 Å². The number of carbonyl (C=O) groups is 1. The van der Waals surface area contributed by atoms with Crippen molar-refractivity contribution in [3.05, 3.63) is 52.3 Å².